The fourth-order valence-corrected chi connectivity index (χ4v) is 3.94. The summed E-state index contributed by atoms with van der Waals surface area (Å²) < 4.78 is 0. The quantitative estimate of drug-likeness (QED) is 0.849. The zero-order valence-electron chi connectivity index (χ0n) is 14.2. The lowest BCUT2D eigenvalue weighted by Crippen LogP contribution is -2.54. The Bertz CT molecular complexity index is 634. The molecule has 3 rings (SSSR count). The van der Waals surface area contributed by atoms with E-state index in [9.17, 15) is 9.59 Å². The molecule has 0 unspecified atom stereocenters. The standard InChI is InChI=1S/C18H24ClN3O2/c1-13-5-3-4-10-18(13)16(23)22(17(24)20-18)12-21(2)11-14-6-8-15(19)9-7-14/h6-9,13H,3-5,10-12H2,1-2H3,(H,20,24)/t13-,18-/m1/s1. The van der Waals surface area contributed by atoms with Crippen molar-refractivity contribution in [2.45, 2.75) is 44.7 Å². The fourth-order valence-electron chi connectivity index (χ4n) is 3.82. The molecule has 1 saturated carbocycles. The fraction of sp³-hybridized carbons (Fsp3) is 0.556. The molecule has 6 heteroatoms. The summed E-state index contributed by atoms with van der Waals surface area (Å²) in [5.74, 6) is 0.122. The van der Waals surface area contributed by atoms with Crippen LogP contribution in [0.5, 0.6) is 0 Å². The molecule has 1 aliphatic carbocycles. The van der Waals surface area contributed by atoms with Crippen LogP contribution >= 0.6 is 11.6 Å². The number of nitrogens with one attached hydrogen (secondary N) is 1. The van der Waals surface area contributed by atoms with Crippen LogP contribution in [0.3, 0.4) is 0 Å². The minimum absolute atomic E-state index is 0.0670. The molecule has 2 aliphatic rings. The Kier molecular flexibility index (Phi) is 4.83. The van der Waals surface area contributed by atoms with Gasteiger partial charge in [0.15, 0.2) is 0 Å². The second-order valence-corrected chi connectivity index (χ2v) is 7.50. The van der Waals surface area contributed by atoms with Crippen molar-refractivity contribution < 1.29 is 9.59 Å². The number of carbonyl (C=O) groups excluding carboxylic acids is 2. The van der Waals surface area contributed by atoms with Gasteiger partial charge in [-0.25, -0.2) is 9.69 Å². The third-order valence-corrected chi connectivity index (χ3v) is 5.50. The Labute approximate surface area is 147 Å². The maximum Gasteiger partial charge on any atom is 0.326 e. The molecule has 5 nitrogen and oxygen atoms in total. The Hall–Kier alpha value is -1.59. The number of amides is 3. The number of hydrogen-bond acceptors (Lipinski definition) is 3. The number of hydrogen-bond donors (Lipinski definition) is 1. The van der Waals surface area contributed by atoms with Gasteiger partial charge in [0, 0.05) is 11.6 Å². The average Bonchev–Trinajstić information content (AvgIpc) is 2.78. The molecule has 1 heterocycles. The minimum Gasteiger partial charge on any atom is -0.323 e. The molecule has 1 saturated heterocycles. The van der Waals surface area contributed by atoms with Crippen molar-refractivity contribution in [2.75, 3.05) is 13.7 Å². The van der Waals surface area contributed by atoms with Crippen molar-refractivity contribution in [3.05, 3.63) is 34.9 Å². The lowest BCUT2D eigenvalue weighted by atomic mass is 9.73. The Morgan fingerprint density at radius 3 is 2.67 bits per heavy atom. The molecule has 3 amide bonds. The van der Waals surface area contributed by atoms with Crippen molar-refractivity contribution in [1.29, 1.82) is 0 Å². The summed E-state index contributed by atoms with van der Waals surface area (Å²) >= 11 is 5.90. The van der Waals surface area contributed by atoms with Crippen molar-refractivity contribution >= 4 is 23.5 Å². The number of urea groups is 1. The molecule has 130 valence electrons. The normalized spacial score (nSPS) is 27.2. The number of halogens is 1. The SMILES string of the molecule is C[C@@H]1CCCC[C@@]12NC(=O)N(CN(C)Cc1ccc(Cl)cc1)C2=O. The van der Waals surface area contributed by atoms with Crippen molar-refractivity contribution in [3.63, 3.8) is 0 Å². The van der Waals surface area contributed by atoms with E-state index >= 15 is 0 Å². The lowest BCUT2D eigenvalue weighted by molar-refractivity contribution is -0.135. The third-order valence-electron chi connectivity index (χ3n) is 5.25. The van der Waals surface area contributed by atoms with E-state index in [0.717, 1.165) is 31.2 Å². The smallest absolute Gasteiger partial charge is 0.323 e. The van der Waals surface area contributed by atoms with Crippen LogP contribution in [0.4, 0.5) is 4.79 Å². The van der Waals surface area contributed by atoms with Crippen LogP contribution in [-0.4, -0.2) is 41.0 Å². The van der Waals surface area contributed by atoms with Gasteiger partial charge < -0.3 is 5.32 Å². The molecule has 1 N–H and O–H groups in total. The minimum atomic E-state index is -0.684. The van der Waals surface area contributed by atoms with Crippen molar-refractivity contribution in [1.82, 2.24) is 15.1 Å². The van der Waals surface area contributed by atoms with Crippen LogP contribution in [0.15, 0.2) is 24.3 Å². The van der Waals surface area contributed by atoms with E-state index in [1.165, 1.54) is 4.90 Å². The van der Waals surface area contributed by atoms with Crippen LogP contribution in [0.1, 0.15) is 38.2 Å². The first kappa shape index (κ1) is 17.2. The molecule has 1 spiro atoms. The summed E-state index contributed by atoms with van der Waals surface area (Å²) in [4.78, 5) is 28.6. The van der Waals surface area contributed by atoms with Gasteiger partial charge in [-0.05, 0) is 43.5 Å². The molecular formula is C18H24ClN3O2. The summed E-state index contributed by atoms with van der Waals surface area (Å²) in [5.41, 5.74) is 0.408. The van der Waals surface area contributed by atoms with Gasteiger partial charge in [-0.2, -0.15) is 0 Å². The molecule has 24 heavy (non-hydrogen) atoms. The van der Waals surface area contributed by atoms with Gasteiger partial charge in [0.25, 0.3) is 5.91 Å². The number of rotatable bonds is 4. The summed E-state index contributed by atoms with van der Waals surface area (Å²) in [6, 6.07) is 7.33. The number of benzene rings is 1. The van der Waals surface area contributed by atoms with Gasteiger partial charge in [0.1, 0.15) is 5.54 Å². The maximum atomic E-state index is 12.9. The Balaban J connectivity index is 1.67. The highest BCUT2D eigenvalue weighted by Crippen LogP contribution is 2.38. The highest BCUT2D eigenvalue weighted by atomic mass is 35.5. The van der Waals surface area contributed by atoms with E-state index in [1.807, 2.05) is 36.2 Å². The molecule has 1 aliphatic heterocycles. The molecule has 0 bridgehead atoms. The lowest BCUT2D eigenvalue weighted by Gasteiger charge is -2.37. The first-order valence-electron chi connectivity index (χ1n) is 8.49. The van der Waals surface area contributed by atoms with E-state index in [4.69, 9.17) is 11.6 Å². The van der Waals surface area contributed by atoms with Gasteiger partial charge >= 0.3 is 6.03 Å². The topological polar surface area (TPSA) is 52.7 Å². The first-order valence-corrected chi connectivity index (χ1v) is 8.87. The van der Waals surface area contributed by atoms with Crippen molar-refractivity contribution in [2.24, 2.45) is 5.92 Å². The third kappa shape index (κ3) is 3.15. The van der Waals surface area contributed by atoms with Gasteiger partial charge in [-0.3, -0.25) is 9.69 Å². The van der Waals surface area contributed by atoms with E-state index in [1.54, 1.807) is 0 Å². The Morgan fingerprint density at radius 2 is 2.00 bits per heavy atom. The van der Waals surface area contributed by atoms with Crippen LogP contribution in [0.2, 0.25) is 5.02 Å². The molecule has 0 radical (unpaired) electrons. The predicted molar refractivity (Wildman–Crippen MR) is 93.5 cm³/mol. The van der Waals surface area contributed by atoms with E-state index < -0.39 is 5.54 Å². The Morgan fingerprint density at radius 1 is 1.29 bits per heavy atom. The maximum absolute atomic E-state index is 12.9. The molecule has 2 fully saturated rings. The van der Waals surface area contributed by atoms with Crippen LogP contribution in [-0.2, 0) is 11.3 Å². The van der Waals surface area contributed by atoms with Gasteiger partial charge in [0.05, 0.1) is 6.67 Å². The molecular weight excluding hydrogens is 326 g/mol. The van der Waals surface area contributed by atoms with Crippen molar-refractivity contribution in [3.8, 4) is 0 Å². The van der Waals surface area contributed by atoms with E-state index in [0.29, 0.717) is 18.2 Å². The second kappa shape index (κ2) is 6.73. The highest BCUT2D eigenvalue weighted by molar-refractivity contribution is 6.30. The summed E-state index contributed by atoms with van der Waals surface area (Å²) in [6.07, 6.45) is 3.85. The van der Waals surface area contributed by atoms with Gasteiger partial charge in [-0.15, -0.1) is 0 Å². The molecule has 0 aromatic heterocycles. The average molecular weight is 350 g/mol. The summed E-state index contributed by atoms with van der Waals surface area (Å²) in [5, 5.41) is 3.69. The monoisotopic (exact) mass is 349 g/mol. The van der Waals surface area contributed by atoms with Crippen LogP contribution < -0.4 is 5.32 Å². The number of carbonyl (C=O) groups is 2. The summed E-state index contributed by atoms with van der Waals surface area (Å²) in [6.45, 7) is 3.01. The molecule has 2 atom stereocenters. The molecule has 1 aromatic carbocycles. The van der Waals surface area contributed by atoms with E-state index in [-0.39, 0.29) is 17.9 Å². The molecule has 1 aromatic rings. The number of imide groups is 1. The second-order valence-electron chi connectivity index (χ2n) is 7.06. The van der Waals surface area contributed by atoms with Gasteiger partial charge in [-0.1, -0.05) is 43.5 Å². The zero-order valence-corrected chi connectivity index (χ0v) is 15.0. The first-order chi connectivity index (χ1) is 11.4. The van der Waals surface area contributed by atoms with Crippen LogP contribution in [0, 0.1) is 5.92 Å². The van der Waals surface area contributed by atoms with Crippen LogP contribution in [0.25, 0.3) is 0 Å². The van der Waals surface area contributed by atoms with E-state index in [2.05, 4.69) is 12.2 Å². The highest BCUT2D eigenvalue weighted by Gasteiger charge is 2.54. The largest absolute Gasteiger partial charge is 0.326 e. The predicted octanol–water partition coefficient (Wildman–Crippen LogP) is 3.23. The number of nitrogens with zero attached hydrogens (tertiary/aromatic N) is 2. The van der Waals surface area contributed by atoms with Gasteiger partial charge in [0.2, 0.25) is 0 Å². The summed E-state index contributed by atoms with van der Waals surface area (Å²) in [7, 11) is 1.91. The zero-order chi connectivity index (χ0) is 17.3.